The van der Waals surface area contributed by atoms with Crippen LogP contribution in [-0.4, -0.2) is 47.3 Å². The second-order valence-corrected chi connectivity index (χ2v) is 8.21. The molecule has 1 aromatic heterocycles. The Morgan fingerprint density at radius 3 is 2.79 bits per heavy atom. The van der Waals surface area contributed by atoms with E-state index in [0.717, 1.165) is 37.3 Å². The SMILES string of the molecule is COc1ccc2c(c1)CC(NC[C@@H]1CC(=O)N(C)[C@H]1c1cnn(C)c1C)CC2. The lowest BCUT2D eigenvalue weighted by molar-refractivity contribution is -0.127. The molecule has 1 amide bonds. The van der Waals surface area contributed by atoms with Gasteiger partial charge in [0.2, 0.25) is 5.91 Å². The van der Waals surface area contributed by atoms with Crippen molar-refractivity contribution >= 4 is 5.91 Å². The Labute approximate surface area is 166 Å². The van der Waals surface area contributed by atoms with Crippen molar-refractivity contribution in [3.05, 3.63) is 46.8 Å². The predicted octanol–water partition coefficient (Wildman–Crippen LogP) is 2.40. The molecule has 2 aliphatic rings. The first-order valence-electron chi connectivity index (χ1n) is 10.1. The van der Waals surface area contributed by atoms with E-state index in [1.165, 1.54) is 16.7 Å². The maximum atomic E-state index is 12.4. The lowest BCUT2D eigenvalue weighted by atomic mass is 9.87. The van der Waals surface area contributed by atoms with Gasteiger partial charge in [-0.1, -0.05) is 6.07 Å². The van der Waals surface area contributed by atoms with Crippen LogP contribution in [0.25, 0.3) is 0 Å². The number of benzene rings is 1. The molecule has 2 aromatic rings. The number of likely N-dealkylation sites (tertiary alicyclic amines) is 1. The first-order valence-corrected chi connectivity index (χ1v) is 10.1. The first kappa shape index (κ1) is 19.0. The number of fused-ring (bicyclic) bond motifs is 1. The van der Waals surface area contributed by atoms with Crippen molar-refractivity contribution in [2.75, 3.05) is 20.7 Å². The summed E-state index contributed by atoms with van der Waals surface area (Å²) in [4.78, 5) is 14.3. The molecule has 1 aliphatic carbocycles. The number of carbonyl (C=O) groups excluding carboxylic acids is 1. The molecule has 28 heavy (non-hydrogen) atoms. The normalized spacial score (nSPS) is 24.5. The van der Waals surface area contributed by atoms with E-state index in [1.54, 1.807) is 7.11 Å². The van der Waals surface area contributed by atoms with Crippen LogP contribution < -0.4 is 10.1 Å². The van der Waals surface area contributed by atoms with Gasteiger partial charge in [-0.2, -0.15) is 5.10 Å². The Morgan fingerprint density at radius 2 is 2.07 bits per heavy atom. The number of aromatic nitrogens is 2. The van der Waals surface area contributed by atoms with Crippen LogP contribution in [-0.2, 0) is 24.7 Å². The number of carbonyl (C=O) groups is 1. The summed E-state index contributed by atoms with van der Waals surface area (Å²) in [5, 5.41) is 8.15. The number of rotatable bonds is 5. The average molecular weight is 383 g/mol. The fourth-order valence-corrected chi connectivity index (χ4v) is 4.76. The van der Waals surface area contributed by atoms with E-state index in [-0.39, 0.29) is 17.9 Å². The number of amides is 1. The summed E-state index contributed by atoms with van der Waals surface area (Å²) >= 11 is 0. The van der Waals surface area contributed by atoms with Crippen LogP contribution in [0.2, 0.25) is 0 Å². The summed E-state index contributed by atoms with van der Waals surface area (Å²) in [6, 6.07) is 6.95. The highest BCUT2D eigenvalue weighted by Crippen LogP contribution is 2.38. The van der Waals surface area contributed by atoms with Crippen LogP contribution in [0.1, 0.15) is 41.3 Å². The highest BCUT2D eigenvalue weighted by atomic mass is 16.5. The van der Waals surface area contributed by atoms with Crippen molar-refractivity contribution in [2.45, 2.75) is 44.7 Å². The summed E-state index contributed by atoms with van der Waals surface area (Å²) in [6.07, 6.45) is 5.75. The number of nitrogens with zero attached hydrogens (tertiary/aromatic N) is 3. The molecule has 0 saturated carbocycles. The third kappa shape index (κ3) is 3.41. The second-order valence-electron chi connectivity index (χ2n) is 8.21. The van der Waals surface area contributed by atoms with E-state index in [4.69, 9.17) is 4.74 Å². The molecule has 6 heteroatoms. The highest BCUT2D eigenvalue weighted by Gasteiger charge is 2.40. The number of methoxy groups -OCH3 is 1. The zero-order valence-electron chi connectivity index (χ0n) is 17.2. The number of hydrogen-bond donors (Lipinski definition) is 1. The monoisotopic (exact) mass is 382 g/mol. The van der Waals surface area contributed by atoms with E-state index in [2.05, 4.69) is 29.5 Å². The summed E-state index contributed by atoms with van der Waals surface area (Å²) in [5.74, 6) is 1.42. The summed E-state index contributed by atoms with van der Waals surface area (Å²) in [5.41, 5.74) is 5.11. The summed E-state index contributed by atoms with van der Waals surface area (Å²) < 4.78 is 7.28. The first-order chi connectivity index (χ1) is 13.5. The van der Waals surface area contributed by atoms with Crippen LogP contribution >= 0.6 is 0 Å². The van der Waals surface area contributed by atoms with E-state index in [0.29, 0.717) is 12.5 Å². The Kier molecular flexibility index (Phi) is 5.15. The maximum absolute atomic E-state index is 12.4. The van der Waals surface area contributed by atoms with Crippen molar-refractivity contribution in [1.82, 2.24) is 20.0 Å². The minimum atomic E-state index is 0.102. The zero-order valence-corrected chi connectivity index (χ0v) is 17.2. The molecule has 4 rings (SSSR count). The minimum absolute atomic E-state index is 0.102. The molecule has 1 fully saturated rings. The molecule has 6 nitrogen and oxygen atoms in total. The van der Waals surface area contributed by atoms with E-state index in [9.17, 15) is 4.79 Å². The molecule has 0 spiro atoms. The minimum Gasteiger partial charge on any atom is -0.497 e. The van der Waals surface area contributed by atoms with E-state index < -0.39 is 0 Å². The van der Waals surface area contributed by atoms with Crippen molar-refractivity contribution in [3.63, 3.8) is 0 Å². The Balaban J connectivity index is 1.45. The van der Waals surface area contributed by atoms with Crippen molar-refractivity contribution in [1.29, 1.82) is 0 Å². The van der Waals surface area contributed by atoms with Gasteiger partial charge in [-0.05, 0) is 49.4 Å². The largest absolute Gasteiger partial charge is 0.497 e. The molecular weight excluding hydrogens is 352 g/mol. The molecule has 1 N–H and O–H groups in total. The van der Waals surface area contributed by atoms with Crippen LogP contribution in [0.5, 0.6) is 5.75 Å². The van der Waals surface area contributed by atoms with Gasteiger partial charge >= 0.3 is 0 Å². The van der Waals surface area contributed by atoms with Gasteiger partial charge in [0.05, 0.1) is 19.3 Å². The molecule has 1 unspecified atom stereocenters. The van der Waals surface area contributed by atoms with Crippen molar-refractivity contribution in [2.24, 2.45) is 13.0 Å². The molecule has 1 saturated heterocycles. The average Bonchev–Trinajstić information content (AvgIpc) is 3.17. The van der Waals surface area contributed by atoms with E-state index in [1.807, 2.05) is 35.9 Å². The smallest absolute Gasteiger partial charge is 0.223 e. The Bertz CT molecular complexity index is 875. The molecule has 1 aliphatic heterocycles. The lowest BCUT2D eigenvalue weighted by Gasteiger charge is -2.29. The molecule has 2 heterocycles. The van der Waals surface area contributed by atoms with Gasteiger partial charge in [0.15, 0.2) is 0 Å². The Hall–Kier alpha value is -2.34. The molecule has 150 valence electrons. The molecular formula is C22H30N4O2. The third-order valence-electron chi connectivity index (χ3n) is 6.60. The highest BCUT2D eigenvalue weighted by molar-refractivity contribution is 5.79. The van der Waals surface area contributed by atoms with E-state index >= 15 is 0 Å². The molecule has 0 bridgehead atoms. The number of hydrogen-bond acceptors (Lipinski definition) is 4. The molecule has 3 atom stereocenters. The van der Waals surface area contributed by atoms with Gasteiger partial charge < -0.3 is 15.0 Å². The topological polar surface area (TPSA) is 59.4 Å². The van der Waals surface area contributed by atoms with Gasteiger partial charge in [0, 0.05) is 50.3 Å². The van der Waals surface area contributed by atoms with Crippen LogP contribution in [0, 0.1) is 12.8 Å². The van der Waals surface area contributed by atoms with Gasteiger partial charge in [0.25, 0.3) is 0 Å². The van der Waals surface area contributed by atoms with Gasteiger partial charge in [-0.25, -0.2) is 0 Å². The van der Waals surface area contributed by atoms with Crippen LogP contribution in [0.3, 0.4) is 0 Å². The molecule has 0 radical (unpaired) electrons. The molecule has 1 aromatic carbocycles. The third-order valence-corrected chi connectivity index (χ3v) is 6.60. The number of ether oxygens (including phenoxy) is 1. The second kappa shape index (κ2) is 7.59. The van der Waals surface area contributed by atoms with Crippen molar-refractivity contribution < 1.29 is 9.53 Å². The zero-order chi connectivity index (χ0) is 19.8. The predicted molar refractivity (Wildman–Crippen MR) is 108 cm³/mol. The quantitative estimate of drug-likeness (QED) is 0.863. The maximum Gasteiger partial charge on any atom is 0.223 e. The van der Waals surface area contributed by atoms with Gasteiger partial charge in [0.1, 0.15) is 5.75 Å². The van der Waals surface area contributed by atoms with Gasteiger partial charge in [-0.3, -0.25) is 9.48 Å². The number of nitrogens with one attached hydrogen (secondary N) is 1. The lowest BCUT2D eigenvalue weighted by Crippen LogP contribution is -2.38. The summed E-state index contributed by atoms with van der Waals surface area (Å²) in [7, 11) is 5.59. The summed E-state index contributed by atoms with van der Waals surface area (Å²) in [6.45, 7) is 2.92. The van der Waals surface area contributed by atoms with Crippen LogP contribution in [0.4, 0.5) is 0 Å². The fourth-order valence-electron chi connectivity index (χ4n) is 4.76. The number of aryl methyl sites for hydroxylation is 2. The van der Waals surface area contributed by atoms with Crippen molar-refractivity contribution in [3.8, 4) is 5.75 Å². The Morgan fingerprint density at radius 1 is 1.25 bits per heavy atom. The fraction of sp³-hybridized carbons (Fsp3) is 0.545. The van der Waals surface area contributed by atoms with Gasteiger partial charge in [-0.15, -0.1) is 0 Å². The standard InChI is InChI=1S/C22H30N4O2/c1-14-20(13-24-26(14)3)22-17(11-21(27)25(22)2)12-23-18-7-5-15-6-8-19(28-4)10-16(15)9-18/h6,8,10,13,17-18,22-23H,5,7,9,11-12H2,1-4H3/t17-,18?,22+/m0/s1. The van der Waals surface area contributed by atoms with Crippen LogP contribution in [0.15, 0.2) is 24.4 Å².